The monoisotopic (exact) mass is 488 g/mol. The minimum atomic E-state index is -4.50. The SMILES string of the molecule is Cc1cc(Nc2cc(C(F)(F)F)ccn2)nc(-c2cn([C@H](C)C(=O)N3CCC[C@H]3C(N)=O)nn2)c1. The third-order valence-corrected chi connectivity index (χ3v) is 5.70. The summed E-state index contributed by atoms with van der Waals surface area (Å²) in [6.07, 6.45) is -0.663. The van der Waals surface area contributed by atoms with E-state index in [1.165, 1.54) is 9.58 Å². The Morgan fingerprint density at radius 3 is 2.69 bits per heavy atom. The van der Waals surface area contributed by atoms with Crippen LogP contribution in [0.25, 0.3) is 11.4 Å². The van der Waals surface area contributed by atoms with Gasteiger partial charge in [0.1, 0.15) is 29.4 Å². The Kier molecular flexibility index (Phi) is 6.41. The molecular formula is C22H23F3N8O2. The van der Waals surface area contributed by atoms with Gasteiger partial charge in [-0.2, -0.15) is 13.2 Å². The van der Waals surface area contributed by atoms with Crippen LogP contribution in [0, 0.1) is 6.92 Å². The Bertz CT molecular complexity index is 1260. The van der Waals surface area contributed by atoms with Crippen molar-refractivity contribution in [2.45, 2.75) is 44.9 Å². The number of hydrogen-bond acceptors (Lipinski definition) is 7. The number of carbonyl (C=O) groups is 2. The van der Waals surface area contributed by atoms with Gasteiger partial charge in [0.25, 0.3) is 0 Å². The van der Waals surface area contributed by atoms with Crippen molar-refractivity contribution < 1.29 is 22.8 Å². The molecule has 3 N–H and O–H groups in total. The zero-order valence-corrected chi connectivity index (χ0v) is 19.0. The largest absolute Gasteiger partial charge is 0.416 e. The second kappa shape index (κ2) is 9.31. The van der Waals surface area contributed by atoms with Crippen LogP contribution in [0.2, 0.25) is 0 Å². The molecule has 0 spiro atoms. The summed E-state index contributed by atoms with van der Waals surface area (Å²) in [7, 11) is 0. The minimum absolute atomic E-state index is 0.0126. The van der Waals surface area contributed by atoms with Crippen LogP contribution in [0.1, 0.15) is 36.9 Å². The van der Waals surface area contributed by atoms with Crippen molar-refractivity contribution in [2.75, 3.05) is 11.9 Å². The predicted octanol–water partition coefficient (Wildman–Crippen LogP) is 2.84. The number of pyridine rings is 2. The Balaban J connectivity index is 1.55. The van der Waals surface area contributed by atoms with Crippen molar-refractivity contribution in [3.8, 4) is 11.4 Å². The molecule has 1 aliphatic rings. The van der Waals surface area contributed by atoms with E-state index in [1.54, 1.807) is 32.2 Å². The van der Waals surface area contributed by atoms with Crippen molar-refractivity contribution in [3.05, 3.63) is 47.8 Å². The van der Waals surface area contributed by atoms with Crippen LogP contribution >= 0.6 is 0 Å². The van der Waals surface area contributed by atoms with Crippen molar-refractivity contribution in [1.29, 1.82) is 0 Å². The first kappa shape index (κ1) is 24.1. The molecule has 0 bridgehead atoms. The van der Waals surface area contributed by atoms with E-state index < -0.39 is 29.7 Å². The Morgan fingerprint density at radius 1 is 1.20 bits per heavy atom. The van der Waals surface area contributed by atoms with Gasteiger partial charge in [-0.1, -0.05) is 5.21 Å². The third kappa shape index (κ3) is 5.23. The second-order valence-electron chi connectivity index (χ2n) is 8.32. The van der Waals surface area contributed by atoms with Crippen LogP contribution in [0.15, 0.2) is 36.7 Å². The zero-order chi connectivity index (χ0) is 25.3. The van der Waals surface area contributed by atoms with Gasteiger partial charge in [-0.3, -0.25) is 9.59 Å². The van der Waals surface area contributed by atoms with Gasteiger partial charge in [0.15, 0.2) is 0 Å². The van der Waals surface area contributed by atoms with Crippen LogP contribution in [-0.4, -0.2) is 54.3 Å². The number of rotatable bonds is 6. The van der Waals surface area contributed by atoms with Gasteiger partial charge in [-0.25, -0.2) is 14.6 Å². The van der Waals surface area contributed by atoms with E-state index in [0.717, 1.165) is 23.9 Å². The maximum absolute atomic E-state index is 13.0. The average Bonchev–Trinajstić information content (AvgIpc) is 3.47. The summed E-state index contributed by atoms with van der Waals surface area (Å²) in [6, 6.07) is 3.80. The van der Waals surface area contributed by atoms with E-state index in [-0.39, 0.29) is 17.5 Å². The number of nitrogens with two attached hydrogens (primary N) is 1. The maximum atomic E-state index is 13.0. The number of hydrogen-bond donors (Lipinski definition) is 2. The van der Waals surface area contributed by atoms with Crippen molar-refractivity contribution in [3.63, 3.8) is 0 Å². The number of aromatic nitrogens is 5. The Morgan fingerprint density at radius 2 is 1.97 bits per heavy atom. The summed E-state index contributed by atoms with van der Waals surface area (Å²) in [5.41, 5.74) is 6.12. The molecule has 0 saturated carbocycles. The van der Waals surface area contributed by atoms with E-state index in [1.807, 2.05) is 0 Å². The first-order chi connectivity index (χ1) is 16.5. The molecule has 1 aliphatic heterocycles. The zero-order valence-electron chi connectivity index (χ0n) is 19.0. The molecule has 0 aromatic carbocycles. The van der Waals surface area contributed by atoms with Crippen molar-refractivity contribution in [2.24, 2.45) is 5.73 Å². The van der Waals surface area contributed by atoms with E-state index in [9.17, 15) is 22.8 Å². The Hall–Kier alpha value is -4.03. The normalized spacial score (nSPS) is 16.8. The topological polar surface area (TPSA) is 132 Å². The second-order valence-corrected chi connectivity index (χ2v) is 8.32. The molecule has 4 rings (SSSR count). The van der Waals surface area contributed by atoms with Crippen LogP contribution < -0.4 is 11.1 Å². The number of aryl methyl sites for hydroxylation is 1. The summed E-state index contributed by atoms with van der Waals surface area (Å²) in [5.74, 6) is -0.576. The first-order valence-corrected chi connectivity index (χ1v) is 10.8. The van der Waals surface area contributed by atoms with Crippen molar-refractivity contribution >= 4 is 23.5 Å². The molecule has 1 saturated heterocycles. The molecule has 0 radical (unpaired) electrons. The molecule has 1 fully saturated rings. The minimum Gasteiger partial charge on any atom is -0.368 e. The highest BCUT2D eigenvalue weighted by molar-refractivity contribution is 5.88. The number of nitrogens with zero attached hydrogens (tertiary/aromatic N) is 6. The lowest BCUT2D eigenvalue weighted by Crippen LogP contribution is -2.46. The molecule has 3 aromatic rings. The lowest BCUT2D eigenvalue weighted by molar-refractivity contribution is -0.140. The highest BCUT2D eigenvalue weighted by atomic mass is 19.4. The summed E-state index contributed by atoms with van der Waals surface area (Å²) in [6.45, 7) is 3.88. The molecule has 35 heavy (non-hydrogen) atoms. The molecule has 3 aromatic heterocycles. The van der Waals surface area contributed by atoms with Gasteiger partial charge in [0.05, 0.1) is 17.5 Å². The van der Waals surface area contributed by atoms with Gasteiger partial charge < -0.3 is 16.0 Å². The highest BCUT2D eigenvalue weighted by Gasteiger charge is 2.35. The maximum Gasteiger partial charge on any atom is 0.416 e. The highest BCUT2D eigenvalue weighted by Crippen LogP contribution is 2.31. The van der Waals surface area contributed by atoms with E-state index in [0.29, 0.717) is 30.8 Å². The summed E-state index contributed by atoms with van der Waals surface area (Å²) >= 11 is 0. The molecule has 0 aliphatic carbocycles. The molecule has 13 heteroatoms. The molecule has 184 valence electrons. The molecule has 2 atom stereocenters. The average molecular weight is 488 g/mol. The number of carbonyl (C=O) groups excluding carboxylic acids is 2. The van der Waals surface area contributed by atoms with Crippen LogP contribution in [0.5, 0.6) is 0 Å². The lowest BCUT2D eigenvalue weighted by Gasteiger charge is -2.25. The number of amides is 2. The van der Waals surface area contributed by atoms with E-state index in [4.69, 9.17) is 5.73 Å². The fraction of sp³-hybridized carbons (Fsp3) is 0.364. The van der Waals surface area contributed by atoms with Gasteiger partial charge in [0.2, 0.25) is 11.8 Å². The first-order valence-electron chi connectivity index (χ1n) is 10.8. The smallest absolute Gasteiger partial charge is 0.368 e. The fourth-order valence-electron chi connectivity index (χ4n) is 3.93. The number of likely N-dealkylation sites (tertiary alicyclic amines) is 1. The molecular weight excluding hydrogens is 465 g/mol. The summed E-state index contributed by atoms with van der Waals surface area (Å²) < 4.78 is 40.4. The van der Waals surface area contributed by atoms with Gasteiger partial charge in [-0.05, 0) is 56.5 Å². The summed E-state index contributed by atoms with van der Waals surface area (Å²) in [5, 5.41) is 10.9. The molecule has 2 amide bonds. The number of nitrogens with one attached hydrogen (secondary N) is 1. The van der Waals surface area contributed by atoms with Gasteiger partial charge in [-0.15, -0.1) is 5.10 Å². The van der Waals surface area contributed by atoms with E-state index >= 15 is 0 Å². The van der Waals surface area contributed by atoms with Gasteiger partial charge >= 0.3 is 6.18 Å². The lowest BCUT2D eigenvalue weighted by atomic mass is 10.2. The fourth-order valence-corrected chi connectivity index (χ4v) is 3.93. The third-order valence-electron chi connectivity index (χ3n) is 5.70. The molecule has 4 heterocycles. The standard InChI is InChI=1S/C22H23F3N8O2/c1-12-8-15(28-19(9-12)29-18-10-14(5-6-27-18)22(23,24)25)16-11-33(31-30-16)13(2)21(35)32-7-3-4-17(32)20(26)34/h5-6,8-11,13,17H,3-4,7H2,1-2H3,(H2,26,34)(H,27,28,29)/t13-,17+/m1/s1. The predicted molar refractivity (Wildman–Crippen MR) is 119 cm³/mol. The Labute approximate surface area is 198 Å². The molecule has 10 nitrogen and oxygen atoms in total. The van der Waals surface area contributed by atoms with Crippen LogP contribution in [0.4, 0.5) is 24.8 Å². The summed E-state index contributed by atoms with van der Waals surface area (Å²) in [4.78, 5) is 34.4. The van der Waals surface area contributed by atoms with Crippen LogP contribution in [0.3, 0.4) is 0 Å². The quantitative estimate of drug-likeness (QED) is 0.545. The van der Waals surface area contributed by atoms with E-state index in [2.05, 4.69) is 25.6 Å². The molecule has 0 unspecified atom stereocenters. The number of alkyl halides is 3. The number of primary amides is 1. The van der Waals surface area contributed by atoms with Gasteiger partial charge in [0, 0.05) is 12.7 Å². The number of anilines is 2. The number of halogens is 3. The van der Waals surface area contributed by atoms with Crippen LogP contribution in [-0.2, 0) is 15.8 Å². The van der Waals surface area contributed by atoms with Crippen molar-refractivity contribution in [1.82, 2.24) is 29.9 Å².